The monoisotopic (exact) mass is 305 g/mol. The van der Waals surface area contributed by atoms with Crippen LogP contribution in [0.5, 0.6) is 5.75 Å². The van der Waals surface area contributed by atoms with Crippen LogP contribution in [-0.2, 0) is 6.54 Å². The highest BCUT2D eigenvalue weighted by Crippen LogP contribution is 2.23. The maximum atomic E-state index is 5.72. The summed E-state index contributed by atoms with van der Waals surface area (Å²) in [6, 6.07) is 23.1. The van der Waals surface area contributed by atoms with Crippen molar-refractivity contribution in [2.24, 2.45) is 5.92 Å². The van der Waals surface area contributed by atoms with Gasteiger partial charge in [0, 0.05) is 17.6 Å². The van der Waals surface area contributed by atoms with Crippen molar-refractivity contribution in [2.75, 3.05) is 11.9 Å². The molecule has 0 saturated heterocycles. The molecule has 0 aliphatic rings. The van der Waals surface area contributed by atoms with Gasteiger partial charge < -0.3 is 10.1 Å². The third-order valence-electron chi connectivity index (χ3n) is 3.78. The van der Waals surface area contributed by atoms with E-state index in [2.05, 4.69) is 73.8 Å². The lowest BCUT2D eigenvalue weighted by atomic mass is 10.1. The Kier molecular flexibility index (Phi) is 4.82. The van der Waals surface area contributed by atoms with Gasteiger partial charge in [0.2, 0.25) is 0 Å². The molecule has 0 aromatic heterocycles. The Morgan fingerprint density at radius 1 is 0.870 bits per heavy atom. The number of hydrogen-bond acceptors (Lipinski definition) is 2. The van der Waals surface area contributed by atoms with Crippen LogP contribution in [0.3, 0.4) is 0 Å². The summed E-state index contributed by atoms with van der Waals surface area (Å²) in [5, 5.41) is 6.05. The summed E-state index contributed by atoms with van der Waals surface area (Å²) in [5.74, 6) is 1.48. The van der Waals surface area contributed by atoms with Crippen molar-refractivity contribution in [1.82, 2.24) is 0 Å². The number of rotatable bonds is 6. The van der Waals surface area contributed by atoms with E-state index in [4.69, 9.17) is 4.74 Å². The molecular weight excluding hydrogens is 282 g/mol. The summed E-state index contributed by atoms with van der Waals surface area (Å²) in [7, 11) is 0. The number of nitrogens with one attached hydrogen (secondary N) is 1. The molecule has 23 heavy (non-hydrogen) atoms. The number of benzene rings is 3. The third-order valence-corrected chi connectivity index (χ3v) is 3.78. The summed E-state index contributed by atoms with van der Waals surface area (Å²) < 4.78 is 5.72. The Morgan fingerprint density at radius 2 is 1.61 bits per heavy atom. The smallest absolute Gasteiger partial charge is 0.119 e. The fraction of sp³-hybridized carbons (Fsp3) is 0.238. The maximum absolute atomic E-state index is 5.72. The van der Waals surface area contributed by atoms with Crippen LogP contribution in [0, 0.1) is 5.92 Å². The van der Waals surface area contributed by atoms with E-state index in [1.54, 1.807) is 0 Å². The van der Waals surface area contributed by atoms with Crippen LogP contribution in [0.1, 0.15) is 19.4 Å². The Hall–Kier alpha value is -2.48. The number of anilines is 1. The van der Waals surface area contributed by atoms with E-state index in [1.807, 2.05) is 12.1 Å². The lowest BCUT2D eigenvalue weighted by Crippen LogP contribution is -2.04. The van der Waals surface area contributed by atoms with E-state index in [0.29, 0.717) is 5.92 Å². The summed E-state index contributed by atoms with van der Waals surface area (Å²) in [4.78, 5) is 0. The molecule has 0 fully saturated rings. The molecule has 118 valence electrons. The largest absolute Gasteiger partial charge is 0.493 e. The SMILES string of the molecule is CC(C)COc1ccc(CNc2cccc3ccccc23)cc1. The normalized spacial score (nSPS) is 10.9. The van der Waals surface area contributed by atoms with Gasteiger partial charge in [-0.25, -0.2) is 0 Å². The second-order valence-corrected chi connectivity index (χ2v) is 6.23. The van der Waals surface area contributed by atoms with Gasteiger partial charge in [0.05, 0.1) is 6.61 Å². The highest BCUT2D eigenvalue weighted by atomic mass is 16.5. The minimum atomic E-state index is 0.544. The molecule has 3 aromatic rings. The Labute approximate surface area is 138 Å². The van der Waals surface area contributed by atoms with Gasteiger partial charge in [-0.05, 0) is 35.1 Å². The fourth-order valence-corrected chi connectivity index (χ4v) is 2.54. The van der Waals surface area contributed by atoms with Crippen LogP contribution in [0.4, 0.5) is 5.69 Å². The van der Waals surface area contributed by atoms with Crippen LogP contribution < -0.4 is 10.1 Å². The first-order valence-electron chi connectivity index (χ1n) is 8.16. The predicted molar refractivity (Wildman–Crippen MR) is 98.0 cm³/mol. The molecule has 0 bridgehead atoms. The second kappa shape index (κ2) is 7.19. The molecule has 2 heteroatoms. The van der Waals surface area contributed by atoms with E-state index < -0.39 is 0 Å². The molecule has 0 atom stereocenters. The van der Waals surface area contributed by atoms with Crippen LogP contribution >= 0.6 is 0 Å². The molecule has 3 aromatic carbocycles. The molecule has 0 spiro atoms. The zero-order valence-corrected chi connectivity index (χ0v) is 13.8. The molecule has 0 radical (unpaired) electrons. The average Bonchev–Trinajstić information content (AvgIpc) is 2.59. The van der Waals surface area contributed by atoms with Gasteiger partial charge in [0.25, 0.3) is 0 Å². The van der Waals surface area contributed by atoms with Gasteiger partial charge in [-0.1, -0.05) is 62.4 Å². The molecule has 0 heterocycles. The van der Waals surface area contributed by atoms with Crippen molar-refractivity contribution in [3.8, 4) is 5.75 Å². The summed E-state index contributed by atoms with van der Waals surface area (Å²) in [6.45, 7) is 5.87. The van der Waals surface area contributed by atoms with Crippen molar-refractivity contribution in [2.45, 2.75) is 20.4 Å². The first-order chi connectivity index (χ1) is 11.2. The third kappa shape index (κ3) is 4.04. The molecule has 0 unspecified atom stereocenters. The summed E-state index contributed by atoms with van der Waals surface area (Å²) in [6.07, 6.45) is 0. The maximum Gasteiger partial charge on any atom is 0.119 e. The topological polar surface area (TPSA) is 21.3 Å². The predicted octanol–water partition coefficient (Wildman–Crippen LogP) is 5.49. The minimum Gasteiger partial charge on any atom is -0.493 e. The number of ether oxygens (including phenoxy) is 1. The van der Waals surface area contributed by atoms with Gasteiger partial charge in [-0.3, -0.25) is 0 Å². The first kappa shape index (κ1) is 15.4. The second-order valence-electron chi connectivity index (χ2n) is 6.23. The quantitative estimate of drug-likeness (QED) is 0.650. The van der Waals surface area contributed by atoms with Crippen molar-refractivity contribution in [1.29, 1.82) is 0 Å². The summed E-state index contributed by atoms with van der Waals surface area (Å²) in [5.41, 5.74) is 2.41. The van der Waals surface area contributed by atoms with Gasteiger partial charge >= 0.3 is 0 Å². The van der Waals surface area contributed by atoms with E-state index in [-0.39, 0.29) is 0 Å². The van der Waals surface area contributed by atoms with E-state index in [1.165, 1.54) is 22.0 Å². The lowest BCUT2D eigenvalue weighted by Gasteiger charge is -2.11. The van der Waals surface area contributed by atoms with Crippen LogP contribution in [0.2, 0.25) is 0 Å². The van der Waals surface area contributed by atoms with Gasteiger partial charge in [-0.2, -0.15) is 0 Å². The molecule has 1 N–H and O–H groups in total. The molecule has 3 rings (SSSR count). The van der Waals surface area contributed by atoms with Crippen LogP contribution in [0.15, 0.2) is 66.7 Å². The fourth-order valence-electron chi connectivity index (χ4n) is 2.54. The van der Waals surface area contributed by atoms with E-state index >= 15 is 0 Å². The van der Waals surface area contributed by atoms with E-state index in [0.717, 1.165) is 18.9 Å². The molecular formula is C21H23NO. The summed E-state index contributed by atoms with van der Waals surface area (Å²) >= 11 is 0. The highest BCUT2D eigenvalue weighted by molar-refractivity contribution is 5.93. The zero-order valence-electron chi connectivity index (χ0n) is 13.8. The van der Waals surface area contributed by atoms with Gasteiger partial charge in [0.15, 0.2) is 0 Å². The zero-order chi connectivity index (χ0) is 16.1. The van der Waals surface area contributed by atoms with Crippen molar-refractivity contribution in [3.05, 3.63) is 72.3 Å². The molecule has 0 amide bonds. The van der Waals surface area contributed by atoms with Gasteiger partial charge in [-0.15, -0.1) is 0 Å². The van der Waals surface area contributed by atoms with Crippen LogP contribution in [-0.4, -0.2) is 6.61 Å². The average molecular weight is 305 g/mol. The van der Waals surface area contributed by atoms with Crippen molar-refractivity contribution >= 4 is 16.5 Å². The van der Waals surface area contributed by atoms with Crippen molar-refractivity contribution < 1.29 is 4.74 Å². The molecule has 0 aliphatic carbocycles. The number of fused-ring (bicyclic) bond motifs is 1. The van der Waals surface area contributed by atoms with E-state index in [9.17, 15) is 0 Å². The molecule has 0 saturated carbocycles. The first-order valence-corrected chi connectivity index (χ1v) is 8.16. The van der Waals surface area contributed by atoms with Crippen LogP contribution in [0.25, 0.3) is 10.8 Å². The Bertz CT molecular complexity index is 757. The number of hydrogen-bond donors (Lipinski definition) is 1. The Balaban J connectivity index is 1.65. The van der Waals surface area contributed by atoms with Crippen molar-refractivity contribution in [3.63, 3.8) is 0 Å². The minimum absolute atomic E-state index is 0.544. The lowest BCUT2D eigenvalue weighted by molar-refractivity contribution is 0.271. The Morgan fingerprint density at radius 3 is 2.39 bits per heavy atom. The highest BCUT2D eigenvalue weighted by Gasteiger charge is 2.01. The molecule has 2 nitrogen and oxygen atoms in total. The molecule has 0 aliphatic heterocycles. The standard InChI is InChI=1S/C21H23NO/c1-16(2)15-23-19-12-10-17(11-13-19)14-22-21-9-5-7-18-6-3-4-8-20(18)21/h3-13,16,22H,14-15H2,1-2H3. The van der Waals surface area contributed by atoms with Gasteiger partial charge in [0.1, 0.15) is 5.75 Å².